The van der Waals surface area contributed by atoms with Gasteiger partial charge in [-0.3, -0.25) is 9.69 Å². The van der Waals surface area contributed by atoms with Crippen LogP contribution in [-0.2, 0) is 27.4 Å². The summed E-state index contributed by atoms with van der Waals surface area (Å²) in [6.07, 6.45) is 1.57. The predicted molar refractivity (Wildman–Crippen MR) is 112 cm³/mol. The quantitative estimate of drug-likeness (QED) is 0.733. The van der Waals surface area contributed by atoms with Gasteiger partial charge in [0.15, 0.2) is 0 Å². The van der Waals surface area contributed by atoms with E-state index in [2.05, 4.69) is 21.3 Å². The predicted octanol–water partition coefficient (Wildman–Crippen LogP) is 2.35. The Morgan fingerprint density at radius 3 is 2.78 bits per heavy atom. The number of carbonyl (C=O) groups excluding carboxylic acids is 1. The number of aromatic nitrogens is 1. The van der Waals surface area contributed by atoms with Crippen molar-refractivity contribution in [1.29, 1.82) is 0 Å². The molecule has 0 aliphatic carbocycles. The number of aryl methyl sites for hydroxylation is 1. The first-order valence-corrected chi connectivity index (χ1v) is 10.6. The maximum Gasteiger partial charge on any atom is 0.249 e. The van der Waals surface area contributed by atoms with E-state index in [4.69, 9.17) is 14.2 Å². The molecule has 2 atom stereocenters. The maximum atomic E-state index is 13.3. The van der Waals surface area contributed by atoms with Crippen molar-refractivity contribution >= 4 is 5.91 Å². The Labute approximate surface area is 185 Å². The van der Waals surface area contributed by atoms with Gasteiger partial charge in [-0.25, -0.2) is 13.8 Å². The first-order chi connectivity index (χ1) is 15.4. The van der Waals surface area contributed by atoms with Gasteiger partial charge in [-0.15, -0.1) is 0 Å². The maximum absolute atomic E-state index is 13.3. The average molecular weight is 447 g/mol. The van der Waals surface area contributed by atoms with E-state index in [-0.39, 0.29) is 12.5 Å². The monoisotopic (exact) mass is 447 g/mol. The first kappa shape index (κ1) is 22.6. The molecule has 1 aromatic carbocycles. The van der Waals surface area contributed by atoms with Crippen LogP contribution < -0.4 is 10.1 Å². The Morgan fingerprint density at radius 1 is 1.28 bits per heavy atom. The Hall–Kier alpha value is -2.62. The van der Waals surface area contributed by atoms with Crippen LogP contribution in [0.2, 0.25) is 0 Å². The third-order valence-electron chi connectivity index (χ3n) is 5.80. The fourth-order valence-electron chi connectivity index (χ4n) is 4.34. The SMILES string of the molecule is COc1ncc(CN2CCO[C@]3(CO[C@H](C(=O)NCc4cc(F)cc(F)c4)C3)C2)cc1C. The summed E-state index contributed by atoms with van der Waals surface area (Å²) >= 11 is 0. The number of morpholine rings is 1. The van der Waals surface area contributed by atoms with Crippen molar-refractivity contribution in [1.82, 2.24) is 15.2 Å². The molecule has 2 aliphatic heterocycles. The molecule has 172 valence electrons. The van der Waals surface area contributed by atoms with Crippen molar-refractivity contribution in [2.24, 2.45) is 0 Å². The molecule has 0 bridgehead atoms. The van der Waals surface area contributed by atoms with Crippen molar-refractivity contribution in [3.8, 4) is 5.88 Å². The summed E-state index contributed by atoms with van der Waals surface area (Å²) < 4.78 is 43.7. The van der Waals surface area contributed by atoms with Crippen molar-refractivity contribution in [2.75, 3.05) is 33.4 Å². The number of ether oxygens (including phenoxy) is 3. The molecular weight excluding hydrogens is 420 g/mol. The summed E-state index contributed by atoms with van der Waals surface area (Å²) in [7, 11) is 1.60. The molecule has 32 heavy (non-hydrogen) atoms. The second-order valence-electron chi connectivity index (χ2n) is 8.41. The van der Waals surface area contributed by atoms with E-state index in [0.29, 0.717) is 44.2 Å². The largest absolute Gasteiger partial charge is 0.481 e. The standard InChI is InChI=1S/C23H27F2N3O4/c1-15-5-17(11-27-22(15)30-2)12-28-3-4-32-23(13-28)9-20(31-14-23)21(29)26-10-16-6-18(24)8-19(25)7-16/h5-8,11,20H,3-4,9-10,12-14H2,1-2H3,(H,26,29)/t20-,23-/m0/s1. The highest BCUT2D eigenvalue weighted by Gasteiger charge is 2.46. The van der Waals surface area contributed by atoms with Crippen LogP contribution in [-0.4, -0.2) is 60.9 Å². The summed E-state index contributed by atoms with van der Waals surface area (Å²) in [5, 5.41) is 2.70. The number of methoxy groups -OCH3 is 1. The van der Waals surface area contributed by atoms with Gasteiger partial charge in [-0.1, -0.05) is 0 Å². The van der Waals surface area contributed by atoms with E-state index in [1.54, 1.807) is 7.11 Å². The molecule has 1 aromatic heterocycles. The van der Waals surface area contributed by atoms with Gasteiger partial charge in [0.1, 0.15) is 23.3 Å². The van der Waals surface area contributed by atoms with E-state index in [1.807, 2.05) is 13.1 Å². The van der Waals surface area contributed by atoms with Gasteiger partial charge in [0.2, 0.25) is 11.8 Å². The second-order valence-corrected chi connectivity index (χ2v) is 8.41. The van der Waals surface area contributed by atoms with Crippen LogP contribution in [0, 0.1) is 18.6 Å². The number of hydrogen-bond acceptors (Lipinski definition) is 6. The fourth-order valence-corrected chi connectivity index (χ4v) is 4.34. The van der Waals surface area contributed by atoms with Gasteiger partial charge >= 0.3 is 0 Å². The molecule has 2 fully saturated rings. The van der Waals surface area contributed by atoms with Gasteiger partial charge in [0.25, 0.3) is 0 Å². The zero-order valence-corrected chi connectivity index (χ0v) is 18.2. The van der Waals surface area contributed by atoms with E-state index >= 15 is 0 Å². The number of amides is 1. The number of nitrogens with zero attached hydrogens (tertiary/aromatic N) is 2. The first-order valence-electron chi connectivity index (χ1n) is 10.6. The molecule has 3 heterocycles. The lowest BCUT2D eigenvalue weighted by atomic mass is 9.97. The van der Waals surface area contributed by atoms with Crippen LogP contribution in [0.1, 0.15) is 23.1 Å². The molecule has 0 saturated carbocycles. The van der Waals surface area contributed by atoms with Crippen LogP contribution in [0.15, 0.2) is 30.5 Å². The van der Waals surface area contributed by atoms with Crippen LogP contribution >= 0.6 is 0 Å². The van der Waals surface area contributed by atoms with E-state index in [1.165, 1.54) is 12.1 Å². The normalized spacial score (nSPS) is 23.4. The summed E-state index contributed by atoms with van der Waals surface area (Å²) in [6.45, 7) is 4.97. The number of pyridine rings is 1. The van der Waals surface area contributed by atoms with Crippen molar-refractivity contribution in [3.63, 3.8) is 0 Å². The zero-order chi connectivity index (χ0) is 22.7. The fraction of sp³-hybridized carbons (Fsp3) is 0.478. The molecule has 1 N–H and O–H groups in total. The van der Waals surface area contributed by atoms with Gasteiger partial charge < -0.3 is 19.5 Å². The smallest absolute Gasteiger partial charge is 0.249 e. The Kier molecular flexibility index (Phi) is 6.68. The number of hydrogen-bond donors (Lipinski definition) is 1. The number of benzene rings is 1. The Morgan fingerprint density at radius 2 is 2.06 bits per heavy atom. The molecule has 1 amide bonds. The molecular formula is C23H27F2N3O4. The number of nitrogens with one attached hydrogen (secondary N) is 1. The molecule has 4 rings (SSSR count). The molecule has 2 aliphatic rings. The Balaban J connectivity index is 1.32. The van der Waals surface area contributed by atoms with Crippen LogP contribution in [0.5, 0.6) is 5.88 Å². The topological polar surface area (TPSA) is 72.9 Å². The van der Waals surface area contributed by atoms with Crippen LogP contribution in [0.4, 0.5) is 8.78 Å². The molecule has 2 saturated heterocycles. The number of rotatable bonds is 6. The van der Waals surface area contributed by atoms with Gasteiger partial charge in [0, 0.05) is 50.4 Å². The van der Waals surface area contributed by atoms with E-state index in [9.17, 15) is 13.6 Å². The minimum atomic E-state index is -0.678. The van der Waals surface area contributed by atoms with E-state index in [0.717, 1.165) is 23.7 Å². The minimum absolute atomic E-state index is 0.0250. The van der Waals surface area contributed by atoms with Gasteiger partial charge in [-0.2, -0.15) is 0 Å². The number of halogens is 2. The lowest BCUT2D eigenvalue weighted by Crippen LogP contribution is -2.52. The molecule has 0 unspecified atom stereocenters. The molecule has 9 heteroatoms. The highest BCUT2D eigenvalue weighted by molar-refractivity contribution is 5.81. The van der Waals surface area contributed by atoms with Crippen LogP contribution in [0.3, 0.4) is 0 Å². The summed E-state index contributed by atoms with van der Waals surface area (Å²) in [6, 6.07) is 5.24. The van der Waals surface area contributed by atoms with E-state index < -0.39 is 23.3 Å². The summed E-state index contributed by atoms with van der Waals surface area (Å²) in [4.78, 5) is 19.2. The number of carbonyl (C=O) groups is 1. The van der Waals surface area contributed by atoms with Gasteiger partial charge in [0.05, 0.1) is 20.3 Å². The molecule has 2 aromatic rings. The highest BCUT2D eigenvalue weighted by atomic mass is 19.1. The van der Waals surface area contributed by atoms with Gasteiger partial charge in [-0.05, 0) is 36.2 Å². The average Bonchev–Trinajstić information content (AvgIpc) is 3.14. The lowest BCUT2D eigenvalue weighted by Gasteiger charge is -2.39. The molecule has 0 radical (unpaired) electrons. The second kappa shape index (κ2) is 9.48. The van der Waals surface area contributed by atoms with Crippen molar-refractivity contribution in [2.45, 2.75) is 38.1 Å². The third kappa shape index (κ3) is 5.23. The summed E-state index contributed by atoms with van der Waals surface area (Å²) in [5.41, 5.74) is 1.86. The minimum Gasteiger partial charge on any atom is -0.481 e. The highest BCUT2D eigenvalue weighted by Crippen LogP contribution is 2.32. The Bertz CT molecular complexity index is 969. The van der Waals surface area contributed by atoms with Crippen LogP contribution in [0.25, 0.3) is 0 Å². The zero-order valence-electron chi connectivity index (χ0n) is 18.2. The summed E-state index contributed by atoms with van der Waals surface area (Å²) in [5.74, 6) is -1.06. The molecule has 7 nitrogen and oxygen atoms in total. The van der Waals surface area contributed by atoms with Crippen molar-refractivity contribution < 1.29 is 27.8 Å². The van der Waals surface area contributed by atoms with Crippen molar-refractivity contribution in [3.05, 3.63) is 58.8 Å². The molecule has 1 spiro atoms. The lowest BCUT2D eigenvalue weighted by molar-refractivity contribution is -0.130. The third-order valence-corrected chi connectivity index (χ3v) is 5.80.